The van der Waals surface area contributed by atoms with Crippen LogP contribution in [0.2, 0.25) is 0 Å². The number of sulfonamides is 1. The summed E-state index contributed by atoms with van der Waals surface area (Å²) in [5.41, 5.74) is 2.24. The number of carbonyl (C=O) groups excluding carboxylic acids is 1. The number of benzene rings is 2. The summed E-state index contributed by atoms with van der Waals surface area (Å²) in [7, 11) is -3.68. The number of hydrogen-bond acceptors (Lipinski definition) is 5. The van der Waals surface area contributed by atoms with Crippen molar-refractivity contribution in [3.05, 3.63) is 65.7 Å². The average molecular weight is 387 g/mol. The molecule has 0 saturated carbocycles. The van der Waals surface area contributed by atoms with E-state index in [2.05, 4.69) is 15.0 Å². The van der Waals surface area contributed by atoms with E-state index >= 15 is 0 Å². The molecule has 0 radical (unpaired) electrons. The first-order chi connectivity index (χ1) is 12.4. The number of nitrogens with one attached hydrogen (secondary N) is 2. The molecule has 1 heterocycles. The van der Waals surface area contributed by atoms with Crippen molar-refractivity contribution in [1.82, 2.24) is 10.3 Å². The highest BCUT2D eigenvalue weighted by Crippen LogP contribution is 2.24. The molecule has 134 valence electrons. The van der Waals surface area contributed by atoms with Crippen LogP contribution in [0.5, 0.6) is 0 Å². The molecule has 3 rings (SSSR count). The molecule has 0 spiro atoms. The Hall–Kier alpha value is -2.71. The molecule has 26 heavy (non-hydrogen) atoms. The van der Waals surface area contributed by atoms with Crippen LogP contribution in [0.4, 0.5) is 5.69 Å². The summed E-state index contributed by atoms with van der Waals surface area (Å²) in [5, 5.41) is 5.44. The third-order valence-electron chi connectivity index (χ3n) is 3.59. The van der Waals surface area contributed by atoms with Crippen molar-refractivity contribution in [1.29, 1.82) is 0 Å². The van der Waals surface area contributed by atoms with Crippen LogP contribution in [0.15, 0.2) is 65.0 Å². The van der Waals surface area contributed by atoms with Crippen LogP contribution in [0, 0.1) is 0 Å². The molecule has 3 aromatic rings. The van der Waals surface area contributed by atoms with Gasteiger partial charge in [0.15, 0.2) is 0 Å². The lowest BCUT2D eigenvalue weighted by Crippen LogP contribution is -2.19. The van der Waals surface area contributed by atoms with Crippen LogP contribution >= 0.6 is 11.3 Å². The van der Waals surface area contributed by atoms with Gasteiger partial charge in [0.25, 0.3) is 10.0 Å². The van der Waals surface area contributed by atoms with Gasteiger partial charge in [-0.1, -0.05) is 12.1 Å². The van der Waals surface area contributed by atoms with Gasteiger partial charge in [-0.3, -0.25) is 9.52 Å². The minimum atomic E-state index is -3.68. The molecule has 0 fully saturated rings. The highest BCUT2D eigenvalue weighted by molar-refractivity contribution is 7.92. The van der Waals surface area contributed by atoms with Crippen molar-refractivity contribution in [3.63, 3.8) is 0 Å². The van der Waals surface area contributed by atoms with Crippen molar-refractivity contribution in [2.75, 3.05) is 4.72 Å². The summed E-state index contributed by atoms with van der Waals surface area (Å²) in [5.74, 6) is -0.135. The topological polar surface area (TPSA) is 88.2 Å². The van der Waals surface area contributed by atoms with Crippen molar-refractivity contribution in [2.45, 2.75) is 18.4 Å². The predicted molar refractivity (Wildman–Crippen MR) is 102 cm³/mol. The van der Waals surface area contributed by atoms with Gasteiger partial charge < -0.3 is 5.32 Å². The highest BCUT2D eigenvalue weighted by Gasteiger charge is 2.14. The van der Waals surface area contributed by atoms with E-state index in [-0.39, 0.29) is 10.8 Å². The van der Waals surface area contributed by atoms with Crippen molar-refractivity contribution < 1.29 is 13.2 Å². The molecule has 0 aliphatic rings. The van der Waals surface area contributed by atoms with E-state index in [9.17, 15) is 13.2 Å². The smallest absolute Gasteiger partial charge is 0.261 e. The van der Waals surface area contributed by atoms with Gasteiger partial charge in [0.1, 0.15) is 5.01 Å². The Morgan fingerprint density at radius 3 is 2.35 bits per heavy atom. The lowest BCUT2D eigenvalue weighted by atomic mass is 10.2. The number of rotatable bonds is 6. The number of anilines is 1. The minimum absolute atomic E-state index is 0.135. The Bertz CT molecular complexity index is 981. The maximum absolute atomic E-state index is 12.5. The largest absolute Gasteiger partial charge is 0.352 e. The van der Waals surface area contributed by atoms with Crippen molar-refractivity contribution >= 4 is 33.0 Å². The van der Waals surface area contributed by atoms with E-state index in [0.717, 1.165) is 16.1 Å². The Morgan fingerprint density at radius 2 is 1.77 bits per heavy atom. The zero-order valence-electron chi connectivity index (χ0n) is 14.0. The zero-order valence-corrected chi connectivity index (χ0v) is 15.6. The molecule has 0 aliphatic carbocycles. The molecule has 0 atom stereocenters. The van der Waals surface area contributed by atoms with E-state index in [1.807, 2.05) is 17.5 Å². The first kappa shape index (κ1) is 18.1. The van der Waals surface area contributed by atoms with Gasteiger partial charge in [0.2, 0.25) is 5.91 Å². The lowest BCUT2D eigenvalue weighted by Gasteiger charge is -2.09. The van der Waals surface area contributed by atoms with Crippen LogP contribution < -0.4 is 10.0 Å². The molecular weight excluding hydrogens is 370 g/mol. The second-order valence-electron chi connectivity index (χ2n) is 5.57. The summed E-state index contributed by atoms with van der Waals surface area (Å²) in [6.45, 7) is 1.80. The normalized spacial score (nSPS) is 11.1. The zero-order chi connectivity index (χ0) is 18.6. The molecule has 0 saturated heterocycles. The number of hydrogen-bond donors (Lipinski definition) is 2. The number of thiazole rings is 1. The van der Waals surface area contributed by atoms with Gasteiger partial charge in [0, 0.05) is 36.3 Å². The third-order valence-corrected chi connectivity index (χ3v) is 5.81. The van der Waals surface area contributed by atoms with Gasteiger partial charge in [-0.05, 0) is 42.0 Å². The molecule has 2 aromatic carbocycles. The molecule has 1 aromatic heterocycles. The fourth-order valence-electron chi connectivity index (χ4n) is 2.27. The lowest BCUT2D eigenvalue weighted by molar-refractivity contribution is -0.119. The fraction of sp³-hybridized carbons (Fsp3) is 0.111. The third kappa shape index (κ3) is 4.47. The molecule has 2 N–H and O–H groups in total. The monoisotopic (exact) mass is 387 g/mol. The molecule has 1 amide bonds. The molecular formula is C18H17N3O3S2. The Labute approximate surface area is 156 Å². The van der Waals surface area contributed by atoms with Crippen LogP contribution in [-0.2, 0) is 21.4 Å². The maximum atomic E-state index is 12.5. The van der Waals surface area contributed by atoms with E-state index < -0.39 is 10.0 Å². The second-order valence-corrected chi connectivity index (χ2v) is 8.15. The average Bonchev–Trinajstić information content (AvgIpc) is 3.15. The first-order valence-corrected chi connectivity index (χ1v) is 10.2. The van der Waals surface area contributed by atoms with Crippen LogP contribution in [-0.4, -0.2) is 19.3 Å². The van der Waals surface area contributed by atoms with Gasteiger partial charge in [-0.15, -0.1) is 11.3 Å². The van der Waals surface area contributed by atoms with Crippen LogP contribution in [0.1, 0.15) is 12.5 Å². The van der Waals surface area contributed by atoms with Gasteiger partial charge in [-0.25, -0.2) is 13.4 Å². The maximum Gasteiger partial charge on any atom is 0.261 e. The molecule has 0 unspecified atom stereocenters. The Kier molecular flexibility index (Phi) is 5.34. The van der Waals surface area contributed by atoms with Crippen LogP contribution in [0.3, 0.4) is 0 Å². The minimum Gasteiger partial charge on any atom is -0.352 e. The Balaban J connectivity index is 1.71. The molecule has 0 aliphatic heterocycles. The second kappa shape index (κ2) is 7.67. The summed E-state index contributed by atoms with van der Waals surface area (Å²) in [6.07, 6.45) is 1.73. The summed E-state index contributed by atoms with van der Waals surface area (Å²) >= 11 is 1.52. The summed E-state index contributed by atoms with van der Waals surface area (Å²) < 4.78 is 27.6. The van der Waals surface area contributed by atoms with E-state index in [0.29, 0.717) is 12.2 Å². The first-order valence-electron chi connectivity index (χ1n) is 7.80. The van der Waals surface area contributed by atoms with E-state index in [1.165, 1.54) is 30.4 Å². The molecule has 0 bridgehead atoms. The number of amides is 1. The Morgan fingerprint density at radius 1 is 1.08 bits per heavy atom. The number of carbonyl (C=O) groups is 1. The van der Waals surface area contributed by atoms with Gasteiger partial charge in [-0.2, -0.15) is 0 Å². The van der Waals surface area contributed by atoms with E-state index in [1.54, 1.807) is 30.5 Å². The number of nitrogens with zero attached hydrogens (tertiary/aromatic N) is 1. The van der Waals surface area contributed by atoms with E-state index in [4.69, 9.17) is 0 Å². The molecule has 6 nitrogen and oxygen atoms in total. The van der Waals surface area contributed by atoms with Crippen LogP contribution in [0.25, 0.3) is 10.6 Å². The van der Waals surface area contributed by atoms with Gasteiger partial charge in [0.05, 0.1) is 4.90 Å². The predicted octanol–water partition coefficient (Wildman–Crippen LogP) is 3.25. The summed E-state index contributed by atoms with van der Waals surface area (Å²) in [4.78, 5) is 15.3. The van der Waals surface area contributed by atoms with Crippen molar-refractivity contribution in [2.24, 2.45) is 0 Å². The quantitative estimate of drug-likeness (QED) is 0.680. The van der Waals surface area contributed by atoms with Crippen molar-refractivity contribution in [3.8, 4) is 10.6 Å². The summed E-state index contributed by atoms with van der Waals surface area (Å²) in [6, 6.07) is 13.5. The SMILES string of the molecule is CC(=O)NCc1ccc(S(=O)(=O)Nc2ccc(-c3nccs3)cc2)cc1. The standard InChI is InChI=1S/C18H17N3O3S2/c1-13(22)20-12-14-2-8-17(9-3-14)26(23,24)21-16-6-4-15(5-7-16)18-19-10-11-25-18/h2-11,21H,12H2,1H3,(H,20,22). The highest BCUT2D eigenvalue weighted by atomic mass is 32.2. The molecule has 8 heteroatoms. The number of aromatic nitrogens is 1. The fourth-order valence-corrected chi connectivity index (χ4v) is 3.98. The van der Waals surface area contributed by atoms with Gasteiger partial charge >= 0.3 is 0 Å².